The maximum absolute atomic E-state index is 10.6. The first kappa shape index (κ1) is 19.1. The molecule has 0 radical (unpaired) electrons. The Morgan fingerprint density at radius 2 is 1.92 bits per heavy atom. The van der Waals surface area contributed by atoms with E-state index in [1.165, 1.54) is 23.1 Å². The van der Waals surface area contributed by atoms with Gasteiger partial charge in [0.2, 0.25) is 5.91 Å². The normalized spacial score (nSPS) is 9.88. The number of hydrogen-bond donors (Lipinski definition) is 2. The molecule has 8 heteroatoms. The molecular weight excluding hydrogens is 352 g/mol. The van der Waals surface area contributed by atoms with Gasteiger partial charge in [-0.25, -0.2) is 0 Å². The molecule has 0 spiro atoms. The summed E-state index contributed by atoms with van der Waals surface area (Å²) in [5.74, 6) is -0.668. The van der Waals surface area contributed by atoms with Crippen LogP contribution in [0.15, 0.2) is 54.6 Å². The van der Waals surface area contributed by atoms with E-state index in [9.17, 15) is 14.9 Å². The van der Waals surface area contributed by atoms with Crippen LogP contribution < -0.4 is 11.5 Å². The third-order valence-electron chi connectivity index (χ3n) is 3.43. The van der Waals surface area contributed by atoms with E-state index in [0.29, 0.717) is 0 Å². The van der Waals surface area contributed by atoms with E-state index in [2.05, 4.69) is 17.4 Å². The number of aryl methyl sites for hydroxylation is 1. The number of primary amides is 1. The number of anilines is 1. The number of aromatic nitrogens is 1. The molecule has 2 aromatic carbocycles. The molecule has 0 aliphatic heterocycles. The zero-order valence-corrected chi connectivity index (χ0v) is 14.9. The van der Waals surface area contributed by atoms with E-state index in [1.54, 1.807) is 11.5 Å². The van der Waals surface area contributed by atoms with Gasteiger partial charge >= 0.3 is 0 Å². The first-order chi connectivity index (χ1) is 12.4. The maximum atomic E-state index is 10.6. The molecule has 0 atom stereocenters. The number of non-ortho nitro benzene ring substituents is 1. The Bertz CT molecular complexity index is 895. The van der Waals surface area contributed by atoms with Crippen molar-refractivity contribution in [2.45, 2.75) is 13.3 Å². The Kier molecular flexibility index (Phi) is 6.40. The van der Waals surface area contributed by atoms with E-state index in [0.717, 1.165) is 29.4 Å². The van der Waals surface area contributed by atoms with Gasteiger partial charge in [0.25, 0.3) is 5.69 Å². The predicted octanol–water partition coefficient (Wildman–Crippen LogP) is 3.65. The van der Waals surface area contributed by atoms with Crippen molar-refractivity contribution in [3.63, 3.8) is 0 Å². The fourth-order valence-electron chi connectivity index (χ4n) is 2.09. The van der Waals surface area contributed by atoms with E-state index in [4.69, 9.17) is 11.5 Å². The van der Waals surface area contributed by atoms with E-state index < -0.39 is 10.8 Å². The van der Waals surface area contributed by atoms with E-state index in [-0.39, 0.29) is 11.3 Å². The van der Waals surface area contributed by atoms with Gasteiger partial charge in [0.15, 0.2) is 0 Å². The summed E-state index contributed by atoms with van der Waals surface area (Å²) in [6.45, 7) is 2.14. The highest BCUT2D eigenvalue weighted by Gasteiger charge is 2.07. The molecule has 26 heavy (non-hydrogen) atoms. The highest BCUT2D eigenvalue weighted by molar-refractivity contribution is 7.06. The topological polar surface area (TPSA) is 125 Å². The van der Waals surface area contributed by atoms with Gasteiger partial charge in [0, 0.05) is 33.8 Å². The number of carbonyl (C=O) groups excluding carboxylic acids is 1. The van der Waals surface area contributed by atoms with Crippen molar-refractivity contribution in [3.05, 3.63) is 75.2 Å². The molecule has 0 bridgehead atoms. The van der Waals surface area contributed by atoms with Gasteiger partial charge in [-0.2, -0.15) is 4.37 Å². The zero-order chi connectivity index (χ0) is 19.1. The summed E-state index contributed by atoms with van der Waals surface area (Å²) in [5.41, 5.74) is 13.6. The Labute approximate surface area is 154 Å². The van der Waals surface area contributed by atoms with Crippen LogP contribution in [0.5, 0.6) is 0 Å². The minimum absolute atomic E-state index is 0.133. The second-order valence-corrected chi connectivity index (χ2v) is 6.22. The summed E-state index contributed by atoms with van der Waals surface area (Å²) in [5, 5.41) is 10.2. The summed E-state index contributed by atoms with van der Waals surface area (Å²) in [4.78, 5) is 21.5. The standard InChI is InChI=1S/C11H12N2S.C7H6N2O3/c1-2-10-7-11(13-14-10)8-4-3-5-9(12)6-8;8-7(10)5-2-1-3-6(4-5)9(11)12/h3-7H,2,12H2,1H3;1-4H,(H2,8,10). The highest BCUT2D eigenvalue weighted by Crippen LogP contribution is 2.23. The molecule has 1 heterocycles. The molecule has 3 aromatic rings. The quantitative estimate of drug-likeness (QED) is 0.412. The molecule has 1 amide bonds. The van der Waals surface area contributed by atoms with Crippen LogP contribution in [0.2, 0.25) is 0 Å². The largest absolute Gasteiger partial charge is 0.399 e. The van der Waals surface area contributed by atoms with Crippen molar-refractivity contribution in [1.29, 1.82) is 0 Å². The molecule has 3 rings (SSSR count). The van der Waals surface area contributed by atoms with Crippen LogP contribution in [0, 0.1) is 10.1 Å². The lowest BCUT2D eigenvalue weighted by Gasteiger charge is -1.97. The summed E-state index contributed by atoms with van der Waals surface area (Å²) >= 11 is 1.56. The average Bonchev–Trinajstić information content (AvgIpc) is 3.11. The molecule has 7 nitrogen and oxygen atoms in total. The lowest BCUT2D eigenvalue weighted by molar-refractivity contribution is -0.384. The van der Waals surface area contributed by atoms with E-state index in [1.807, 2.05) is 24.3 Å². The van der Waals surface area contributed by atoms with Crippen LogP contribution in [-0.4, -0.2) is 15.2 Å². The molecule has 0 aliphatic rings. The Morgan fingerprint density at radius 3 is 2.50 bits per heavy atom. The van der Waals surface area contributed by atoms with Gasteiger partial charge in [-0.1, -0.05) is 25.1 Å². The number of benzene rings is 2. The zero-order valence-electron chi connectivity index (χ0n) is 14.1. The summed E-state index contributed by atoms with van der Waals surface area (Å²) < 4.78 is 4.38. The Morgan fingerprint density at radius 1 is 1.19 bits per heavy atom. The monoisotopic (exact) mass is 370 g/mol. The van der Waals surface area contributed by atoms with Crippen LogP contribution >= 0.6 is 11.5 Å². The van der Waals surface area contributed by atoms with Gasteiger partial charge < -0.3 is 11.5 Å². The van der Waals surface area contributed by atoms with Gasteiger partial charge in [0.05, 0.1) is 10.6 Å². The minimum atomic E-state index is -0.668. The van der Waals surface area contributed by atoms with Crippen LogP contribution in [0.25, 0.3) is 11.3 Å². The highest BCUT2D eigenvalue weighted by atomic mass is 32.1. The number of amides is 1. The molecular formula is C18H18N4O3S. The van der Waals surface area contributed by atoms with Crippen molar-refractivity contribution in [2.24, 2.45) is 5.73 Å². The third-order valence-corrected chi connectivity index (χ3v) is 4.36. The number of nitro benzene ring substituents is 1. The SMILES string of the molecule is CCc1cc(-c2cccc(N)c2)ns1.NC(=O)c1cccc([N+](=O)[O-])c1. The van der Waals surface area contributed by atoms with Crippen molar-refractivity contribution in [1.82, 2.24) is 4.37 Å². The molecule has 0 saturated carbocycles. The molecule has 134 valence electrons. The summed E-state index contributed by atoms with van der Waals surface area (Å²) in [6, 6.07) is 15.2. The minimum Gasteiger partial charge on any atom is -0.399 e. The second-order valence-electron chi connectivity index (χ2n) is 5.33. The summed E-state index contributed by atoms with van der Waals surface area (Å²) in [7, 11) is 0. The Balaban J connectivity index is 0.000000190. The number of nitrogens with zero attached hydrogens (tertiary/aromatic N) is 2. The van der Waals surface area contributed by atoms with Gasteiger partial charge in [-0.15, -0.1) is 0 Å². The molecule has 0 fully saturated rings. The van der Waals surface area contributed by atoms with Crippen LogP contribution in [0.3, 0.4) is 0 Å². The second kappa shape index (κ2) is 8.72. The van der Waals surface area contributed by atoms with Crippen molar-refractivity contribution in [3.8, 4) is 11.3 Å². The van der Waals surface area contributed by atoms with Crippen molar-refractivity contribution < 1.29 is 9.72 Å². The van der Waals surface area contributed by atoms with Crippen molar-refractivity contribution >= 4 is 28.8 Å². The number of carbonyl (C=O) groups is 1. The number of rotatable bonds is 4. The van der Waals surface area contributed by atoms with Gasteiger partial charge in [0.1, 0.15) is 0 Å². The van der Waals surface area contributed by atoms with E-state index >= 15 is 0 Å². The number of nitrogens with two attached hydrogens (primary N) is 2. The molecule has 0 saturated heterocycles. The lowest BCUT2D eigenvalue weighted by Crippen LogP contribution is -2.10. The molecule has 0 unspecified atom stereocenters. The smallest absolute Gasteiger partial charge is 0.270 e. The first-order valence-electron chi connectivity index (χ1n) is 7.76. The van der Waals surface area contributed by atoms with Crippen molar-refractivity contribution in [2.75, 3.05) is 5.73 Å². The van der Waals surface area contributed by atoms with Crippen LogP contribution in [-0.2, 0) is 6.42 Å². The predicted molar refractivity (Wildman–Crippen MR) is 103 cm³/mol. The number of hydrogen-bond acceptors (Lipinski definition) is 6. The maximum Gasteiger partial charge on any atom is 0.270 e. The lowest BCUT2D eigenvalue weighted by atomic mass is 10.1. The summed E-state index contributed by atoms with van der Waals surface area (Å²) in [6.07, 6.45) is 1.04. The molecule has 0 aliphatic carbocycles. The third kappa shape index (κ3) is 5.12. The van der Waals surface area contributed by atoms with Crippen LogP contribution in [0.4, 0.5) is 11.4 Å². The number of nitro groups is 1. The molecule has 1 aromatic heterocycles. The fourth-order valence-corrected chi connectivity index (χ4v) is 2.75. The first-order valence-corrected chi connectivity index (χ1v) is 8.53. The van der Waals surface area contributed by atoms with Crippen LogP contribution in [0.1, 0.15) is 22.2 Å². The Hall–Kier alpha value is -3.26. The molecule has 4 N–H and O–H groups in total. The van der Waals surface area contributed by atoms with Gasteiger partial charge in [-0.05, 0) is 42.2 Å². The van der Waals surface area contributed by atoms with Gasteiger partial charge in [-0.3, -0.25) is 14.9 Å². The number of nitrogen functional groups attached to an aromatic ring is 1. The average molecular weight is 370 g/mol. The fraction of sp³-hybridized carbons (Fsp3) is 0.111.